The van der Waals surface area contributed by atoms with Gasteiger partial charge in [0, 0.05) is 18.4 Å². The van der Waals surface area contributed by atoms with Crippen LogP contribution in [0, 0.1) is 5.92 Å². The van der Waals surface area contributed by atoms with Crippen LogP contribution in [0.1, 0.15) is 44.2 Å². The molecule has 0 bridgehead atoms. The minimum Gasteiger partial charge on any atom is -0.382 e. The van der Waals surface area contributed by atoms with Gasteiger partial charge in [-0.25, -0.2) is 9.97 Å². The molecule has 2 N–H and O–H groups in total. The van der Waals surface area contributed by atoms with Crippen LogP contribution in [0.4, 0.5) is 5.82 Å². The predicted octanol–water partition coefficient (Wildman–Crippen LogP) is 3.81. The highest BCUT2D eigenvalue weighted by Crippen LogP contribution is 2.29. The summed E-state index contributed by atoms with van der Waals surface area (Å²) in [7, 11) is 0. The number of aromatic nitrogens is 3. The molecule has 2 aromatic heterocycles. The smallest absolute Gasteiger partial charge is 0.198 e. The minimum absolute atomic E-state index is 0.0628. The van der Waals surface area contributed by atoms with Crippen molar-refractivity contribution in [3.63, 3.8) is 0 Å². The van der Waals surface area contributed by atoms with Crippen molar-refractivity contribution in [2.75, 3.05) is 5.73 Å². The summed E-state index contributed by atoms with van der Waals surface area (Å²) in [5.74, 6) is 1.34. The number of imidazole rings is 1. The number of anilines is 1. The second-order valence-electron chi connectivity index (χ2n) is 6.32. The molecule has 0 saturated heterocycles. The Morgan fingerprint density at radius 3 is 2.70 bits per heavy atom. The summed E-state index contributed by atoms with van der Waals surface area (Å²) in [5, 5.41) is 0.986. The number of nitrogen functional groups attached to an aromatic ring is 1. The molecule has 0 radical (unpaired) electrons. The predicted molar refractivity (Wildman–Crippen MR) is 93.5 cm³/mol. The molecule has 0 atom stereocenters. The van der Waals surface area contributed by atoms with E-state index in [2.05, 4.69) is 23.8 Å². The quantitative estimate of drug-likeness (QED) is 0.727. The Hall–Kier alpha value is -2.43. The van der Waals surface area contributed by atoms with Crippen molar-refractivity contribution in [3.05, 3.63) is 30.1 Å². The SMILES string of the molecule is CCCC(=O)c1nc2c(N)nc3ccccc3c2n1CC(C)C. The molecular formula is C18H22N4O. The fraction of sp³-hybridized carbons (Fsp3) is 0.389. The van der Waals surface area contributed by atoms with Crippen molar-refractivity contribution in [1.29, 1.82) is 0 Å². The van der Waals surface area contributed by atoms with Gasteiger partial charge >= 0.3 is 0 Å². The van der Waals surface area contributed by atoms with E-state index in [1.807, 2.05) is 35.8 Å². The van der Waals surface area contributed by atoms with E-state index >= 15 is 0 Å². The van der Waals surface area contributed by atoms with Gasteiger partial charge in [-0.2, -0.15) is 0 Å². The first-order chi connectivity index (χ1) is 11.0. The Bertz CT molecular complexity index is 879. The molecule has 23 heavy (non-hydrogen) atoms. The first-order valence-corrected chi connectivity index (χ1v) is 8.10. The maximum absolute atomic E-state index is 12.5. The number of fused-ring (bicyclic) bond motifs is 3. The lowest BCUT2D eigenvalue weighted by atomic mass is 10.1. The molecule has 5 heteroatoms. The molecule has 1 aromatic carbocycles. The van der Waals surface area contributed by atoms with E-state index in [-0.39, 0.29) is 5.78 Å². The molecule has 3 rings (SSSR count). The highest BCUT2D eigenvalue weighted by Gasteiger charge is 2.21. The average molecular weight is 310 g/mol. The largest absolute Gasteiger partial charge is 0.382 e. The summed E-state index contributed by atoms with van der Waals surface area (Å²) >= 11 is 0. The van der Waals surface area contributed by atoms with Crippen LogP contribution in [-0.2, 0) is 6.54 Å². The molecule has 0 spiro atoms. The average Bonchev–Trinajstić information content (AvgIpc) is 2.87. The van der Waals surface area contributed by atoms with E-state index in [4.69, 9.17) is 5.73 Å². The molecule has 0 saturated carbocycles. The maximum Gasteiger partial charge on any atom is 0.198 e. The molecule has 120 valence electrons. The van der Waals surface area contributed by atoms with E-state index in [0.717, 1.165) is 29.4 Å². The van der Waals surface area contributed by atoms with Crippen molar-refractivity contribution in [2.45, 2.75) is 40.2 Å². The van der Waals surface area contributed by atoms with Gasteiger partial charge in [-0.05, 0) is 18.4 Å². The van der Waals surface area contributed by atoms with E-state index in [0.29, 0.717) is 29.5 Å². The summed E-state index contributed by atoms with van der Waals surface area (Å²) in [4.78, 5) is 21.5. The van der Waals surface area contributed by atoms with Gasteiger partial charge in [-0.3, -0.25) is 4.79 Å². The van der Waals surface area contributed by atoms with Crippen LogP contribution in [0.25, 0.3) is 21.9 Å². The maximum atomic E-state index is 12.5. The molecule has 2 heterocycles. The van der Waals surface area contributed by atoms with E-state index in [1.165, 1.54) is 0 Å². The number of Topliss-reactive ketones (excluding diaryl/α,β-unsaturated/α-hetero) is 1. The fourth-order valence-corrected chi connectivity index (χ4v) is 2.95. The van der Waals surface area contributed by atoms with E-state index in [9.17, 15) is 4.79 Å². The van der Waals surface area contributed by atoms with Gasteiger partial charge in [0.15, 0.2) is 17.4 Å². The number of hydrogen-bond donors (Lipinski definition) is 1. The first-order valence-electron chi connectivity index (χ1n) is 8.10. The molecule has 3 aromatic rings. The minimum atomic E-state index is 0.0628. The number of hydrogen-bond acceptors (Lipinski definition) is 4. The van der Waals surface area contributed by atoms with Crippen LogP contribution in [0.2, 0.25) is 0 Å². The Balaban J connectivity index is 2.38. The van der Waals surface area contributed by atoms with Crippen LogP contribution in [0.15, 0.2) is 24.3 Å². The topological polar surface area (TPSA) is 73.8 Å². The van der Waals surface area contributed by atoms with Crippen LogP contribution in [0.3, 0.4) is 0 Å². The number of para-hydroxylation sites is 1. The summed E-state index contributed by atoms with van der Waals surface area (Å²) < 4.78 is 2.03. The van der Waals surface area contributed by atoms with Crippen LogP contribution < -0.4 is 5.73 Å². The third kappa shape index (κ3) is 2.67. The number of carbonyl (C=O) groups excluding carboxylic acids is 1. The number of nitrogens with zero attached hydrogens (tertiary/aromatic N) is 3. The zero-order valence-corrected chi connectivity index (χ0v) is 13.8. The van der Waals surface area contributed by atoms with E-state index < -0.39 is 0 Å². The van der Waals surface area contributed by atoms with Crippen molar-refractivity contribution in [1.82, 2.24) is 14.5 Å². The molecule has 0 aliphatic carbocycles. The number of benzene rings is 1. The molecule has 0 unspecified atom stereocenters. The number of ketones is 1. The zero-order chi connectivity index (χ0) is 16.6. The van der Waals surface area contributed by atoms with E-state index in [1.54, 1.807) is 0 Å². The molecule has 0 fully saturated rings. The lowest BCUT2D eigenvalue weighted by Crippen LogP contribution is -2.13. The molecule has 5 nitrogen and oxygen atoms in total. The van der Waals surface area contributed by atoms with Crippen molar-refractivity contribution in [2.24, 2.45) is 5.92 Å². The van der Waals surface area contributed by atoms with Crippen molar-refractivity contribution >= 4 is 33.5 Å². The summed E-state index contributed by atoms with van der Waals surface area (Å²) in [6, 6.07) is 7.86. The second kappa shape index (κ2) is 5.99. The summed E-state index contributed by atoms with van der Waals surface area (Å²) in [6.07, 6.45) is 1.30. The van der Waals surface area contributed by atoms with Gasteiger partial charge in [-0.1, -0.05) is 39.0 Å². The van der Waals surface area contributed by atoms with Gasteiger partial charge in [0.25, 0.3) is 0 Å². The van der Waals surface area contributed by atoms with Gasteiger partial charge in [-0.15, -0.1) is 0 Å². The lowest BCUT2D eigenvalue weighted by Gasteiger charge is -2.12. The molecule has 0 amide bonds. The van der Waals surface area contributed by atoms with Gasteiger partial charge in [0.1, 0.15) is 5.52 Å². The zero-order valence-electron chi connectivity index (χ0n) is 13.8. The molecular weight excluding hydrogens is 288 g/mol. The monoisotopic (exact) mass is 310 g/mol. The normalized spacial score (nSPS) is 11.7. The lowest BCUT2D eigenvalue weighted by molar-refractivity contribution is 0.0967. The third-order valence-electron chi connectivity index (χ3n) is 3.88. The van der Waals surface area contributed by atoms with Crippen LogP contribution >= 0.6 is 0 Å². The van der Waals surface area contributed by atoms with Crippen LogP contribution in [-0.4, -0.2) is 20.3 Å². The van der Waals surface area contributed by atoms with Crippen molar-refractivity contribution in [3.8, 4) is 0 Å². The highest BCUT2D eigenvalue weighted by molar-refractivity contribution is 6.09. The Morgan fingerprint density at radius 1 is 1.26 bits per heavy atom. The number of nitrogens with two attached hydrogens (primary N) is 1. The second-order valence-corrected chi connectivity index (χ2v) is 6.32. The summed E-state index contributed by atoms with van der Waals surface area (Å²) in [5.41, 5.74) is 8.49. The first kappa shape index (κ1) is 15.5. The Morgan fingerprint density at radius 2 is 2.00 bits per heavy atom. The molecule has 0 aliphatic rings. The number of carbonyl (C=O) groups is 1. The van der Waals surface area contributed by atoms with Gasteiger partial charge in [0.05, 0.1) is 11.0 Å². The van der Waals surface area contributed by atoms with Gasteiger partial charge < -0.3 is 10.3 Å². The van der Waals surface area contributed by atoms with Crippen molar-refractivity contribution < 1.29 is 4.79 Å². The molecule has 0 aliphatic heterocycles. The fourth-order valence-electron chi connectivity index (χ4n) is 2.95. The van der Waals surface area contributed by atoms with Crippen LogP contribution in [0.5, 0.6) is 0 Å². The highest BCUT2D eigenvalue weighted by atomic mass is 16.1. The number of pyridine rings is 1. The Labute approximate surface area is 135 Å². The summed E-state index contributed by atoms with van der Waals surface area (Å²) in [6.45, 7) is 6.99. The standard InChI is InChI=1S/C18H22N4O/c1-4-7-14(23)18-21-15-16(22(18)10-11(2)3)12-8-5-6-9-13(12)20-17(15)19/h5-6,8-9,11H,4,7,10H2,1-3H3,(H2,19,20). The third-order valence-corrected chi connectivity index (χ3v) is 3.88. The Kier molecular flexibility index (Phi) is 4.03. The van der Waals surface area contributed by atoms with Gasteiger partial charge in [0.2, 0.25) is 0 Å². The number of rotatable bonds is 5.